The topological polar surface area (TPSA) is 84.3 Å². The van der Waals surface area contributed by atoms with Crippen LogP contribution in [-0.4, -0.2) is 41.3 Å². The molecule has 1 aromatic heterocycles. The number of rotatable bonds is 6. The molecule has 1 fully saturated rings. The first-order valence-electron chi connectivity index (χ1n) is 10.5. The summed E-state index contributed by atoms with van der Waals surface area (Å²) in [4.78, 5) is 17.1. The number of sulfonamides is 1. The molecule has 1 N–H and O–H groups in total. The molecule has 0 aliphatic carbocycles. The van der Waals surface area contributed by atoms with Gasteiger partial charge in [-0.1, -0.05) is 18.0 Å². The second-order valence-corrected chi connectivity index (χ2v) is 10.2. The molecule has 1 saturated heterocycles. The van der Waals surface area contributed by atoms with Crippen LogP contribution in [0.15, 0.2) is 41.3 Å². The summed E-state index contributed by atoms with van der Waals surface area (Å²) < 4.78 is 43.2. The number of hydrogen-bond donors (Lipinski definition) is 1. The van der Waals surface area contributed by atoms with E-state index < -0.39 is 15.8 Å². The Morgan fingerprint density at radius 3 is 2.62 bits per heavy atom. The third-order valence-corrected chi connectivity index (χ3v) is 7.81. The summed E-state index contributed by atoms with van der Waals surface area (Å²) in [6.07, 6.45) is 3.21. The summed E-state index contributed by atoms with van der Waals surface area (Å²) >= 11 is 5.73. The molecule has 4 rings (SSSR count). The second kappa shape index (κ2) is 9.17. The lowest BCUT2D eigenvalue weighted by molar-refractivity contribution is -0.116. The molecule has 1 aliphatic heterocycles. The summed E-state index contributed by atoms with van der Waals surface area (Å²) in [6.45, 7) is 1.08. The quantitative estimate of drug-likeness (QED) is 0.577. The first-order chi connectivity index (χ1) is 15.3. The summed E-state index contributed by atoms with van der Waals surface area (Å²) in [5.41, 5.74) is 1.41. The molecule has 0 unspecified atom stereocenters. The van der Waals surface area contributed by atoms with E-state index in [0.29, 0.717) is 30.9 Å². The Kier molecular flexibility index (Phi) is 6.50. The highest BCUT2D eigenvalue weighted by Crippen LogP contribution is 2.25. The van der Waals surface area contributed by atoms with Crippen molar-refractivity contribution in [2.45, 2.75) is 37.0 Å². The molecule has 2 heterocycles. The molecule has 7 nitrogen and oxygen atoms in total. The van der Waals surface area contributed by atoms with Crippen LogP contribution < -0.4 is 5.32 Å². The molecule has 0 saturated carbocycles. The number of halogens is 2. The van der Waals surface area contributed by atoms with Crippen LogP contribution in [0.25, 0.3) is 11.0 Å². The number of aryl methyl sites for hydroxylation is 2. The van der Waals surface area contributed by atoms with Gasteiger partial charge in [0, 0.05) is 38.0 Å². The van der Waals surface area contributed by atoms with Crippen molar-refractivity contribution in [2.75, 3.05) is 18.4 Å². The van der Waals surface area contributed by atoms with Crippen LogP contribution in [0.5, 0.6) is 0 Å². The number of hydrogen-bond acceptors (Lipinski definition) is 4. The van der Waals surface area contributed by atoms with Gasteiger partial charge in [-0.2, -0.15) is 4.31 Å². The molecular formula is C22H24ClFN4O3S. The lowest BCUT2D eigenvalue weighted by Gasteiger charge is -2.25. The van der Waals surface area contributed by atoms with Crippen LogP contribution in [0.1, 0.15) is 31.5 Å². The molecule has 32 heavy (non-hydrogen) atoms. The molecule has 0 spiro atoms. The summed E-state index contributed by atoms with van der Waals surface area (Å²) in [7, 11) is -1.73. The fraction of sp³-hybridized carbons (Fsp3) is 0.364. The first-order valence-corrected chi connectivity index (χ1v) is 12.3. The van der Waals surface area contributed by atoms with Crippen molar-refractivity contribution in [1.82, 2.24) is 13.9 Å². The fourth-order valence-electron chi connectivity index (χ4n) is 3.90. The Balaban J connectivity index is 1.49. The number of carbonyl (C=O) groups excluding carboxylic acids is 1. The largest absolute Gasteiger partial charge is 0.331 e. The van der Waals surface area contributed by atoms with E-state index in [1.807, 2.05) is 11.6 Å². The summed E-state index contributed by atoms with van der Waals surface area (Å²) in [5.74, 6) is -0.318. The average Bonchev–Trinajstić information content (AvgIpc) is 3.10. The number of benzene rings is 2. The maximum Gasteiger partial charge on any atom is 0.243 e. The fourth-order valence-corrected chi connectivity index (χ4v) is 5.59. The molecular weight excluding hydrogens is 455 g/mol. The minimum Gasteiger partial charge on any atom is -0.331 e. The number of amides is 1. The van der Waals surface area contributed by atoms with Gasteiger partial charge in [-0.25, -0.2) is 17.8 Å². The molecule has 10 heteroatoms. The minimum atomic E-state index is -3.55. The third-order valence-electron chi connectivity index (χ3n) is 5.68. The maximum atomic E-state index is 13.9. The predicted octanol–water partition coefficient (Wildman–Crippen LogP) is 4.11. The van der Waals surface area contributed by atoms with E-state index >= 15 is 0 Å². The van der Waals surface area contributed by atoms with Crippen LogP contribution in [0.2, 0.25) is 5.02 Å². The zero-order valence-electron chi connectivity index (χ0n) is 17.6. The number of aromatic nitrogens is 2. The van der Waals surface area contributed by atoms with Gasteiger partial charge in [-0.15, -0.1) is 0 Å². The Bertz CT molecular complexity index is 1270. The van der Waals surface area contributed by atoms with Crippen LogP contribution in [0.3, 0.4) is 0 Å². The van der Waals surface area contributed by atoms with Gasteiger partial charge in [-0.3, -0.25) is 4.79 Å². The van der Waals surface area contributed by atoms with Crippen LogP contribution in [-0.2, 0) is 28.3 Å². The molecule has 2 aromatic carbocycles. The van der Waals surface area contributed by atoms with Crippen LogP contribution in [0, 0.1) is 5.82 Å². The summed E-state index contributed by atoms with van der Waals surface area (Å²) in [5, 5.41) is 2.78. The van der Waals surface area contributed by atoms with Gasteiger partial charge in [0.1, 0.15) is 11.6 Å². The van der Waals surface area contributed by atoms with Crippen molar-refractivity contribution in [1.29, 1.82) is 0 Å². The molecule has 1 amide bonds. The number of nitrogens with one attached hydrogen (secondary N) is 1. The highest BCUT2D eigenvalue weighted by Gasteiger charge is 2.26. The number of fused-ring (bicyclic) bond motifs is 1. The zero-order chi connectivity index (χ0) is 22.9. The standard InChI is InChI=1S/C22H24ClFN4O3S/c1-27-20-8-6-16(32(30,31)28-11-3-2-4-12-28)14-19(20)25-21(27)9-10-22(29)26-18-7-5-15(23)13-17(18)24/h5-8,13-14H,2-4,9-12H2,1H3,(H,26,29). The molecule has 170 valence electrons. The molecule has 0 atom stereocenters. The Hall–Kier alpha value is -2.49. The van der Waals surface area contributed by atoms with Gasteiger partial charge in [0.25, 0.3) is 0 Å². The van der Waals surface area contributed by atoms with Gasteiger partial charge in [0.15, 0.2) is 0 Å². The van der Waals surface area contributed by atoms with Crippen LogP contribution in [0.4, 0.5) is 10.1 Å². The van der Waals surface area contributed by atoms with Crippen molar-refractivity contribution in [3.8, 4) is 0 Å². The monoisotopic (exact) mass is 478 g/mol. The second-order valence-electron chi connectivity index (χ2n) is 7.87. The van der Waals surface area contributed by atoms with Gasteiger partial charge >= 0.3 is 0 Å². The van der Waals surface area contributed by atoms with E-state index in [9.17, 15) is 17.6 Å². The van der Waals surface area contributed by atoms with Crippen molar-refractivity contribution < 1.29 is 17.6 Å². The molecule has 0 bridgehead atoms. The van der Waals surface area contributed by atoms with E-state index in [1.54, 1.807) is 18.2 Å². The van der Waals surface area contributed by atoms with Crippen molar-refractivity contribution in [3.05, 3.63) is 53.1 Å². The smallest absolute Gasteiger partial charge is 0.243 e. The average molecular weight is 479 g/mol. The Morgan fingerprint density at radius 1 is 1.16 bits per heavy atom. The van der Waals surface area contributed by atoms with Crippen molar-refractivity contribution >= 4 is 44.3 Å². The van der Waals surface area contributed by atoms with Gasteiger partial charge in [0.2, 0.25) is 15.9 Å². The Morgan fingerprint density at radius 2 is 1.91 bits per heavy atom. The molecule has 3 aromatic rings. The van der Waals surface area contributed by atoms with E-state index in [2.05, 4.69) is 10.3 Å². The van der Waals surface area contributed by atoms with Gasteiger partial charge in [-0.05, 0) is 49.2 Å². The SMILES string of the molecule is Cn1c(CCC(=O)Nc2ccc(Cl)cc2F)nc2cc(S(=O)(=O)N3CCCCC3)ccc21. The molecule has 0 radical (unpaired) electrons. The number of carbonyl (C=O) groups is 1. The lowest BCUT2D eigenvalue weighted by atomic mass is 10.2. The lowest BCUT2D eigenvalue weighted by Crippen LogP contribution is -2.35. The third kappa shape index (κ3) is 4.65. The van der Waals surface area contributed by atoms with Crippen molar-refractivity contribution in [3.63, 3.8) is 0 Å². The normalized spacial score (nSPS) is 15.2. The van der Waals surface area contributed by atoms with E-state index in [1.165, 1.54) is 16.4 Å². The highest BCUT2D eigenvalue weighted by molar-refractivity contribution is 7.89. The Labute approximate surface area is 191 Å². The number of anilines is 1. The zero-order valence-corrected chi connectivity index (χ0v) is 19.2. The number of piperidine rings is 1. The van der Waals surface area contributed by atoms with Gasteiger partial charge in [0.05, 0.1) is 21.6 Å². The van der Waals surface area contributed by atoms with E-state index in [4.69, 9.17) is 11.6 Å². The molecule has 1 aliphatic rings. The minimum absolute atomic E-state index is 0.0666. The van der Waals surface area contributed by atoms with Crippen molar-refractivity contribution in [2.24, 2.45) is 7.05 Å². The number of imidazole rings is 1. The first kappa shape index (κ1) is 22.7. The van der Waals surface area contributed by atoms with Crippen LogP contribution >= 0.6 is 11.6 Å². The number of nitrogens with zero attached hydrogens (tertiary/aromatic N) is 3. The predicted molar refractivity (Wildman–Crippen MR) is 122 cm³/mol. The van der Waals surface area contributed by atoms with E-state index in [0.717, 1.165) is 30.8 Å². The van der Waals surface area contributed by atoms with E-state index in [-0.39, 0.29) is 27.9 Å². The van der Waals surface area contributed by atoms with Gasteiger partial charge < -0.3 is 9.88 Å². The highest BCUT2D eigenvalue weighted by atomic mass is 35.5. The maximum absolute atomic E-state index is 13.9. The summed E-state index contributed by atoms with van der Waals surface area (Å²) in [6, 6.07) is 8.99.